The summed E-state index contributed by atoms with van der Waals surface area (Å²) in [6, 6.07) is 5.50. The summed E-state index contributed by atoms with van der Waals surface area (Å²) in [5, 5.41) is 27.7. The largest absolute Gasteiger partial charge is 0.508 e. The van der Waals surface area contributed by atoms with E-state index in [-0.39, 0.29) is 23.6 Å². The van der Waals surface area contributed by atoms with Gasteiger partial charge in [0, 0.05) is 6.20 Å². The van der Waals surface area contributed by atoms with Crippen molar-refractivity contribution in [3.05, 3.63) is 41.7 Å². The number of amides is 1. The molecule has 0 aliphatic carbocycles. The molecule has 1 aromatic carbocycles. The summed E-state index contributed by atoms with van der Waals surface area (Å²) in [6.07, 6.45) is 1.58. The average Bonchev–Trinajstić information content (AvgIpc) is 2.82. The number of hydrogen-bond donors (Lipinski definition) is 4. The lowest BCUT2D eigenvalue weighted by Gasteiger charge is -2.06. The highest BCUT2D eigenvalue weighted by atomic mass is 16.3. The Hall–Kier alpha value is -2.50. The molecule has 17 heavy (non-hydrogen) atoms. The molecule has 0 bridgehead atoms. The predicted molar refractivity (Wildman–Crippen MR) is 59.5 cm³/mol. The lowest BCUT2D eigenvalue weighted by molar-refractivity contribution is 0.0947. The van der Waals surface area contributed by atoms with Gasteiger partial charge in [-0.2, -0.15) is 5.10 Å². The van der Waals surface area contributed by atoms with Crippen LogP contribution in [0.15, 0.2) is 30.5 Å². The fourth-order valence-corrected chi connectivity index (χ4v) is 1.36. The number of phenolic OH excluding ortho intramolecular Hbond substituents is 2. The molecule has 6 heteroatoms. The molecular formula is C11H11N3O3. The first kappa shape index (κ1) is 11.0. The van der Waals surface area contributed by atoms with Gasteiger partial charge in [-0.25, -0.2) is 0 Å². The monoisotopic (exact) mass is 233 g/mol. The third kappa shape index (κ3) is 2.54. The highest BCUT2D eigenvalue weighted by Gasteiger charge is 2.11. The van der Waals surface area contributed by atoms with E-state index >= 15 is 0 Å². The maximum Gasteiger partial charge on any atom is 0.255 e. The summed E-state index contributed by atoms with van der Waals surface area (Å²) >= 11 is 0. The number of aromatic hydroxyl groups is 2. The van der Waals surface area contributed by atoms with Crippen LogP contribution in [0.1, 0.15) is 16.1 Å². The van der Waals surface area contributed by atoms with E-state index in [9.17, 15) is 15.0 Å². The minimum atomic E-state index is -0.465. The Labute approximate surface area is 96.9 Å². The highest BCUT2D eigenvalue weighted by molar-refractivity contribution is 5.97. The van der Waals surface area contributed by atoms with Gasteiger partial charge in [0.15, 0.2) is 0 Å². The predicted octanol–water partition coefficient (Wildman–Crippen LogP) is 0.751. The standard InChI is InChI=1S/C11H11N3O3/c15-8-1-2-10(16)9(5-8)11(17)12-6-7-3-4-13-14-7/h1-5,15-16H,6H2,(H,12,17)(H,13,14). The van der Waals surface area contributed by atoms with E-state index in [1.54, 1.807) is 12.3 Å². The van der Waals surface area contributed by atoms with Crippen LogP contribution in [0.4, 0.5) is 0 Å². The van der Waals surface area contributed by atoms with E-state index in [2.05, 4.69) is 15.5 Å². The molecule has 1 heterocycles. The number of carbonyl (C=O) groups is 1. The molecule has 2 aromatic rings. The Kier molecular flexibility index (Phi) is 2.95. The molecule has 0 aliphatic rings. The topological polar surface area (TPSA) is 98.2 Å². The Balaban J connectivity index is 2.07. The molecule has 1 aromatic heterocycles. The molecule has 6 nitrogen and oxygen atoms in total. The molecule has 0 radical (unpaired) electrons. The van der Waals surface area contributed by atoms with Crippen LogP contribution in [0.5, 0.6) is 11.5 Å². The number of nitrogens with one attached hydrogen (secondary N) is 2. The van der Waals surface area contributed by atoms with Gasteiger partial charge in [0.1, 0.15) is 11.5 Å². The van der Waals surface area contributed by atoms with Crippen LogP contribution in [0, 0.1) is 0 Å². The van der Waals surface area contributed by atoms with E-state index < -0.39 is 5.91 Å². The first-order valence-electron chi connectivity index (χ1n) is 4.95. The fraction of sp³-hybridized carbons (Fsp3) is 0.0909. The molecule has 0 spiro atoms. The van der Waals surface area contributed by atoms with Gasteiger partial charge in [0.05, 0.1) is 17.8 Å². The van der Waals surface area contributed by atoms with Crippen molar-refractivity contribution in [3.8, 4) is 11.5 Å². The van der Waals surface area contributed by atoms with Gasteiger partial charge in [0.2, 0.25) is 0 Å². The number of rotatable bonds is 3. The number of carbonyl (C=O) groups excluding carboxylic acids is 1. The quantitative estimate of drug-likeness (QED) is 0.588. The van der Waals surface area contributed by atoms with Gasteiger partial charge in [-0.05, 0) is 24.3 Å². The summed E-state index contributed by atoms with van der Waals surface area (Å²) < 4.78 is 0. The zero-order chi connectivity index (χ0) is 12.3. The molecule has 0 saturated carbocycles. The maximum atomic E-state index is 11.7. The first-order chi connectivity index (χ1) is 8.16. The molecule has 0 atom stereocenters. The Morgan fingerprint density at radius 3 is 2.88 bits per heavy atom. The fourth-order valence-electron chi connectivity index (χ4n) is 1.36. The van der Waals surface area contributed by atoms with Crippen molar-refractivity contribution in [3.63, 3.8) is 0 Å². The summed E-state index contributed by atoms with van der Waals surface area (Å²) in [5.41, 5.74) is 0.780. The third-order valence-corrected chi connectivity index (χ3v) is 2.22. The number of H-pyrrole nitrogens is 1. The van der Waals surface area contributed by atoms with E-state index in [1.165, 1.54) is 18.2 Å². The number of benzene rings is 1. The molecule has 2 rings (SSSR count). The molecular weight excluding hydrogens is 222 g/mol. The smallest absolute Gasteiger partial charge is 0.255 e. The van der Waals surface area contributed by atoms with Crippen LogP contribution < -0.4 is 5.32 Å². The number of hydrogen-bond acceptors (Lipinski definition) is 4. The lowest BCUT2D eigenvalue weighted by atomic mass is 10.1. The summed E-state index contributed by atoms with van der Waals surface area (Å²) in [7, 11) is 0. The van der Waals surface area contributed by atoms with E-state index in [0.717, 1.165) is 5.69 Å². The minimum Gasteiger partial charge on any atom is -0.508 e. The molecule has 1 amide bonds. The van der Waals surface area contributed by atoms with Crippen LogP contribution >= 0.6 is 0 Å². The molecule has 0 unspecified atom stereocenters. The van der Waals surface area contributed by atoms with E-state index in [1.807, 2.05) is 0 Å². The molecule has 0 aliphatic heterocycles. The minimum absolute atomic E-state index is 0.0320. The Morgan fingerprint density at radius 2 is 2.18 bits per heavy atom. The van der Waals surface area contributed by atoms with Crippen molar-refractivity contribution in [2.24, 2.45) is 0 Å². The van der Waals surface area contributed by atoms with Crippen LogP contribution in [0.25, 0.3) is 0 Å². The van der Waals surface area contributed by atoms with Crippen molar-refractivity contribution in [1.29, 1.82) is 0 Å². The number of phenols is 2. The summed E-state index contributed by atoms with van der Waals surface area (Å²) in [5.74, 6) is -0.715. The van der Waals surface area contributed by atoms with Crippen molar-refractivity contribution in [2.45, 2.75) is 6.54 Å². The van der Waals surface area contributed by atoms with Gasteiger partial charge in [-0.1, -0.05) is 0 Å². The number of aromatic nitrogens is 2. The Bertz CT molecular complexity index is 523. The highest BCUT2D eigenvalue weighted by Crippen LogP contribution is 2.21. The zero-order valence-electron chi connectivity index (χ0n) is 8.84. The number of nitrogens with zero attached hydrogens (tertiary/aromatic N) is 1. The summed E-state index contributed by atoms with van der Waals surface area (Å²) in [4.78, 5) is 11.7. The number of aromatic amines is 1. The second kappa shape index (κ2) is 4.56. The van der Waals surface area contributed by atoms with Crippen LogP contribution in [0.2, 0.25) is 0 Å². The van der Waals surface area contributed by atoms with E-state index in [4.69, 9.17) is 0 Å². The normalized spacial score (nSPS) is 10.1. The van der Waals surface area contributed by atoms with Crippen LogP contribution in [0.3, 0.4) is 0 Å². The van der Waals surface area contributed by atoms with Gasteiger partial charge in [0.25, 0.3) is 5.91 Å². The van der Waals surface area contributed by atoms with Crippen LogP contribution in [-0.2, 0) is 6.54 Å². The lowest BCUT2D eigenvalue weighted by Crippen LogP contribution is -2.23. The zero-order valence-corrected chi connectivity index (χ0v) is 8.84. The van der Waals surface area contributed by atoms with Crippen molar-refractivity contribution < 1.29 is 15.0 Å². The third-order valence-electron chi connectivity index (χ3n) is 2.22. The first-order valence-corrected chi connectivity index (χ1v) is 4.95. The van der Waals surface area contributed by atoms with Crippen molar-refractivity contribution >= 4 is 5.91 Å². The Morgan fingerprint density at radius 1 is 1.35 bits per heavy atom. The summed E-state index contributed by atoms with van der Waals surface area (Å²) in [6.45, 7) is 0.272. The maximum absolute atomic E-state index is 11.7. The SMILES string of the molecule is O=C(NCc1ccn[nH]1)c1cc(O)ccc1O. The van der Waals surface area contributed by atoms with Crippen LogP contribution in [-0.4, -0.2) is 26.3 Å². The van der Waals surface area contributed by atoms with Crippen molar-refractivity contribution in [2.75, 3.05) is 0 Å². The average molecular weight is 233 g/mol. The molecule has 0 fully saturated rings. The van der Waals surface area contributed by atoms with E-state index in [0.29, 0.717) is 0 Å². The van der Waals surface area contributed by atoms with Gasteiger partial charge >= 0.3 is 0 Å². The second-order valence-electron chi connectivity index (χ2n) is 3.47. The molecule has 0 saturated heterocycles. The van der Waals surface area contributed by atoms with Gasteiger partial charge in [-0.15, -0.1) is 0 Å². The molecule has 4 N–H and O–H groups in total. The van der Waals surface area contributed by atoms with Gasteiger partial charge in [-0.3, -0.25) is 9.89 Å². The van der Waals surface area contributed by atoms with Crippen molar-refractivity contribution in [1.82, 2.24) is 15.5 Å². The van der Waals surface area contributed by atoms with Gasteiger partial charge < -0.3 is 15.5 Å². The molecule has 88 valence electrons. The second-order valence-corrected chi connectivity index (χ2v) is 3.47.